The minimum absolute atomic E-state index is 0.158. The topological polar surface area (TPSA) is 33.2 Å². The van der Waals surface area contributed by atoms with E-state index in [-0.39, 0.29) is 5.78 Å². The molecular weight excluding hydrogens is 244 g/mol. The van der Waals surface area contributed by atoms with Crippen molar-refractivity contribution in [3.63, 3.8) is 0 Å². The van der Waals surface area contributed by atoms with E-state index < -0.39 is 0 Å². The van der Waals surface area contributed by atoms with Gasteiger partial charge in [0.25, 0.3) is 0 Å². The van der Waals surface area contributed by atoms with Crippen molar-refractivity contribution in [2.45, 2.75) is 13.5 Å². The van der Waals surface area contributed by atoms with Crippen LogP contribution in [0.5, 0.6) is 0 Å². The molecule has 1 aromatic heterocycles. The van der Waals surface area contributed by atoms with Crippen LogP contribution in [0.25, 0.3) is 0 Å². The Labute approximate surface area is 111 Å². The molecule has 0 fully saturated rings. The Kier molecular flexibility index (Phi) is 4.23. The van der Waals surface area contributed by atoms with E-state index >= 15 is 0 Å². The van der Waals surface area contributed by atoms with E-state index in [1.165, 1.54) is 0 Å². The van der Waals surface area contributed by atoms with Gasteiger partial charge in [-0.3, -0.25) is 9.69 Å². The van der Waals surface area contributed by atoms with Gasteiger partial charge in [0.1, 0.15) is 0 Å². The van der Waals surface area contributed by atoms with Crippen LogP contribution in [0, 0.1) is 6.92 Å². The van der Waals surface area contributed by atoms with Gasteiger partial charge in [-0.15, -0.1) is 11.3 Å². The molecule has 3 nitrogen and oxygen atoms in total. The van der Waals surface area contributed by atoms with Gasteiger partial charge in [0.2, 0.25) is 0 Å². The number of carbonyl (C=O) groups excluding carboxylic acids is 1. The van der Waals surface area contributed by atoms with Crippen molar-refractivity contribution in [3.05, 3.63) is 52.0 Å². The van der Waals surface area contributed by atoms with E-state index in [1.807, 2.05) is 54.0 Å². The third-order valence-electron chi connectivity index (χ3n) is 2.77. The molecule has 1 heterocycles. The maximum absolute atomic E-state index is 12.1. The second kappa shape index (κ2) is 5.89. The van der Waals surface area contributed by atoms with Gasteiger partial charge in [-0.1, -0.05) is 24.3 Å². The molecule has 0 saturated carbocycles. The number of likely N-dealkylation sites (N-methyl/N-ethyl adjacent to an activating group) is 1. The maximum atomic E-state index is 12.1. The van der Waals surface area contributed by atoms with Gasteiger partial charge < -0.3 is 0 Å². The minimum atomic E-state index is 0.158. The monoisotopic (exact) mass is 260 g/mol. The summed E-state index contributed by atoms with van der Waals surface area (Å²) < 4.78 is 0. The van der Waals surface area contributed by atoms with Crippen molar-refractivity contribution < 1.29 is 4.79 Å². The molecule has 0 radical (unpaired) electrons. The second-order valence-corrected chi connectivity index (χ2v) is 5.11. The average molecular weight is 260 g/mol. The Bertz CT molecular complexity index is 522. The van der Waals surface area contributed by atoms with E-state index in [9.17, 15) is 4.79 Å². The second-order valence-electron chi connectivity index (χ2n) is 4.39. The standard InChI is InChI=1S/C14H16N2OS/c1-11-5-3-4-6-13(11)14(17)8-16(2)7-12-9-18-10-15-12/h3-6,9-10H,7-8H2,1-2H3. The summed E-state index contributed by atoms with van der Waals surface area (Å²) in [6.07, 6.45) is 0. The van der Waals surface area contributed by atoms with Gasteiger partial charge >= 0.3 is 0 Å². The average Bonchev–Trinajstić information content (AvgIpc) is 2.82. The molecule has 2 rings (SSSR count). The number of aryl methyl sites for hydroxylation is 1. The van der Waals surface area contributed by atoms with Gasteiger partial charge in [0.15, 0.2) is 5.78 Å². The molecule has 0 aliphatic carbocycles. The van der Waals surface area contributed by atoms with E-state index in [4.69, 9.17) is 0 Å². The zero-order valence-corrected chi connectivity index (χ0v) is 11.4. The molecule has 0 spiro atoms. The first-order chi connectivity index (χ1) is 8.66. The lowest BCUT2D eigenvalue weighted by atomic mass is 10.0. The van der Waals surface area contributed by atoms with Crippen molar-refractivity contribution in [2.24, 2.45) is 0 Å². The van der Waals surface area contributed by atoms with Gasteiger partial charge in [0.05, 0.1) is 17.7 Å². The fourth-order valence-electron chi connectivity index (χ4n) is 1.86. The number of thiazole rings is 1. The normalized spacial score (nSPS) is 10.8. The summed E-state index contributed by atoms with van der Waals surface area (Å²) in [4.78, 5) is 18.4. The fourth-order valence-corrected chi connectivity index (χ4v) is 2.41. The number of hydrogen-bond acceptors (Lipinski definition) is 4. The molecule has 0 amide bonds. The summed E-state index contributed by atoms with van der Waals surface area (Å²) in [5.74, 6) is 0.158. The third-order valence-corrected chi connectivity index (χ3v) is 3.41. The van der Waals surface area contributed by atoms with Crippen molar-refractivity contribution in [3.8, 4) is 0 Å². The Morgan fingerprint density at radius 3 is 2.83 bits per heavy atom. The summed E-state index contributed by atoms with van der Waals surface area (Å²) in [6, 6.07) is 7.70. The first kappa shape index (κ1) is 12.9. The van der Waals surface area contributed by atoms with Crippen LogP contribution in [0.2, 0.25) is 0 Å². The number of hydrogen-bond donors (Lipinski definition) is 0. The van der Waals surface area contributed by atoms with Gasteiger partial charge in [0, 0.05) is 17.5 Å². The molecule has 0 aliphatic heterocycles. The minimum Gasteiger partial charge on any atom is -0.293 e. The van der Waals surface area contributed by atoms with E-state index in [1.54, 1.807) is 11.3 Å². The summed E-state index contributed by atoms with van der Waals surface area (Å²) in [5.41, 5.74) is 4.67. The van der Waals surface area contributed by atoms with Crippen LogP contribution in [0.15, 0.2) is 35.2 Å². The predicted molar refractivity (Wildman–Crippen MR) is 74.0 cm³/mol. The third kappa shape index (κ3) is 3.24. The highest BCUT2D eigenvalue weighted by atomic mass is 32.1. The van der Waals surface area contributed by atoms with E-state index in [0.29, 0.717) is 13.1 Å². The highest BCUT2D eigenvalue weighted by Gasteiger charge is 2.11. The summed E-state index contributed by atoms with van der Waals surface area (Å²) in [7, 11) is 1.94. The van der Waals surface area contributed by atoms with E-state index in [2.05, 4.69) is 4.98 Å². The molecular formula is C14H16N2OS. The van der Waals surface area contributed by atoms with Crippen LogP contribution in [-0.2, 0) is 6.54 Å². The van der Waals surface area contributed by atoms with Crippen LogP contribution in [0.1, 0.15) is 21.6 Å². The van der Waals surface area contributed by atoms with Crippen molar-refractivity contribution >= 4 is 17.1 Å². The summed E-state index contributed by atoms with van der Waals surface area (Å²) >= 11 is 1.58. The Morgan fingerprint density at radius 2 is 2.17 bits per heavy atom. The lowest BCUT2D eigenvalue weighted by Crippen LogP contribution is -2.26. The molecule has 0 N–H and O–H groups in total. The van der Waals surface area contributed by atoms with Crippen molar-refractivity contribution in [1.29, 1.82) is 0 Å². The number of carbonyl (C=O) groups is 1. The predicted octanol–water partition coefficient (Wildman–Crippen LogP) is 2.77. The summed E-state index contributed by atoms with van der Waals surface area (Å²) in [6.45, 7) is 3.09. The number of benzene rings is 1. The quantitative estimate of drug-likeness (QED) is 0.775. The first-order valence-corrected chi connectivity index (χ1v) is 6.75. The number of aromatic nitrogens is 1. The molecule has 94 valence electrons. The number of rotatable bonds is 5. The fraction of sp³-hybridized carbons (Fsp3) is 0.286. The first-order valence-electron chi connectivity index (χ1n) is 5.81. The number of Topliss-reactive ketones (excluding diaryl/α,β-unsaturated/α-hetero) is 1. The smallest absolute Gasteiger partial charge is 0.177 e. The number of nitrogens with zero attached hydrogens (tertiary/aromatic N) is 2. The maximum Gasteiger partial charge on any atom is 0.177 e. The molecule has 4 heteroatoms. The molecule has 0 unspecified atom stereocenters. The van der Waals surface area contributed by atoms with E-state index in [0.717, 1.165) is 16.8 Å². The largest absolute Gasteiger partial charge is 0.293 e. The highest BCUT2D eigenvalue weighted by Crippen LogP contribution is 2.10. The van der Waals surface area contributed by atoms with Crippen molar-refractivity contribution in [1.82, 2.24) is 9.88 Å². The lowest BCUT2D eigenvalue weighted by molar-refractivity contribution is 0.0942. The molecule has 18 heavy (non-hydrogen) atoms. The Hall–Kier alpha value is -1.52. The van der Waals surface area contributed by atoms with Crippen LogP contribution in [-0.4, -0.2) is 29.3 Å². The van der Waals surface area contributed by atoms with Crippen LogP contribution in [0.4, 0.5) is 0 Å². The molecule has 0 bridgehead atoms. The zero-order chi connectivity index (χ0) is 13.0. The molecule has 0 saturated heterocycles. The SMILES string of the molecule is Cc1ccccc1C(=O)CN(C)Cc1cscn1. The molecule has 0 aliphatic rings. The van der Waals surface area contributed by atoms with Gasteiger partial charge in [-0.05, 0) is 19.5 Å². The number of ketones is 1. The van der Waals surface area contributed by atoms with Crippen LogP contribution < -0.4 is 0 Å². The molecule has 0 atom stereocenters. The zero-order valence-electron chi connectivity index (χ0n) is 10.6. The van der Waals surface area contributed by atoms with Gasteiger partial charge in [-0.2, -0.15) is 0 Å². The summed E-state index contributed by atoms with van der Waals surface area (Å²) in [5, 5.41) is 2.01. The van der Waals surface area contributed by atoms with Crippen LogP contribution in [0.3, 0.4) is 0 Å². The highest BCUT2D eigenvalue weighted by molar-refractivity contribution is 7.07. The Morgan fingerprint density at radius 1 is 1.39 bits per heavy atom. The van der Waals surface area contributed by atoms with Gasteiger partial charge in [-0.25, -0.2) is 4.98 Å². The lowest BCUT2D eigenvalue weighted by Gasteiger charge is -2.15. The molecule has 1 aromatic carbocycles. The van der Waals surface area contributed by atoms with Crippen molar-refractivity contribution in [2.75, 3.05) is 13.6 Å². The Balaban J connectivity index is 1.97. The van der Waals surface area contributed by atoms with Crippen LogP contribution >= 0.6 is 11.3 Å². The molecule has 2 aromatic rings.